The van der Waals surface area contributed by atoms with Crippen LogP contribution < -0.4 is 5.32 Å². The van der Waals surface area contributed by atoms with Crippen LogP contribution >= 0.6 is 0 Å². The van der Waals surface area contributed by atoms with Crippen LogP contribution in [0.4, 0.5) is 0 Å². The summed E-state index contributed by atoms with van der Waals surface area (Å²) in [5.74, 6) is 6.17. The van der Waals surface area contributed by atoms with E-state index >= 15 is 0 Å². The number of aromatic amines is 1. The Kier molecular flexibility index (Phi) is 5.97. The second kappa shape index (κ2) is 9.34. The molecule has 0 aliphatic heterocycles. The summed E-state index contributed by atoms with van der Waals surface area (Å²) in [6.45, 7) is 0.586. The number of nitrogens with one attached hydrogen (secondary N) is 2. The highest BCUT2D eigenvalue weighted by molar-refractivity contribution is 5.95. The van der Waals surface area contributed by atoms with Gasteiger partial charge in [0.25, 0.3) is 5.91 Å². The molecule has 0 radical (unpaired) electrons. The Labute approximate surface area is 174 Å². The fraction of sp³-hybridized carbons (Fsp3) is 0.130. The van der Waals surface area contributed by atoms with Gasteiger partial charge in [-0.2, -0.15) is 10.2 Å². The molecule has 1 amide bonds. The molecule has 1 aromatic carbocycles. The fourth-order valence-corrected chi connectivity index (χ4v) is 2.97. The second-order valence-corrected chi connectivity index (χ2v) is 6.63. The van der Waals surface area contributed by atoms with Gasteiger partial charge in [0.05, 0.1) is 17.4 Å². The first-order chi connectivity index (χ1) is 14.8. The molecule has 4 aromatic rings. The summed E-state index contributed by atoms with van der Waals surface area (Å²) < 4.78 is 1.74. The van der Waals surface area contributed by atoms with Crippen LogP contribution in [0, 0.1) is 11.8 Å². The van der Waals surface area contributed by atoms with Gasteiger partial charge >= 0.3 is 0 Å². The van der Waals surface area contributed by atoms with Gasteiger partial charge in [-0.1, -0.05) is 11.8 Å². The van der Waals surface area contributed by atoms with E-state index in [1.54, 1.807) is 41.6 Å². The van der Waals surface area contributed by atoms with Crippen LogP contribution in [0.15, 0.2) is 73.6 Å². The van der Waals surface area contributed by atoms with Gasteiger partial charge in [0, 0.05) is 48.7 Å². The molecule has 0 saturated carbocycles. The predicted octanol–water partition coefficient (Wildman–Crippen LogP) is 2.75. The number of benzene rings is 1. The van der Waals surface area contributed by atoms with Crippen molar-refractivity contribution in [3.8, 4) is 17.5 Å². The number of carbonyl (C=O) groups is 1. The van der Waals surface area contributed by atoms with Crippen molar-refractivity contribution in [1.82, 2.24) is 30.3 Å². The maximum Gasteiger partial charge on any atom is 0.251 e. The Hall–Kier alpha value is -4.18. The molecule has 0 atom stereocenters. The van der Waals surface area contributed by atoms with Crippen molar-refractivity contribution >= 4 is 5.91 Å². The second-order valence-electron chi connectivity index (χ2n) is 6.63. The SMILES string of the molecule is O=C(NCCCc1cn[nH]c1)c1ccc(-n2cccn2)c(C#Cc2ccncc2)c1. The number of amides is 1. The zero-order valence-electron chi connectivity index (χ0n) is 16.2. The highest BCUT2D eigenvalue weighted by Gasteiger charge is 2.10. The van der Waals surface area contributed by atoms with Crippen LogP contribution in [-0.4, -0.2) is 37.4 Å². The average molecular weight is 396 g/mol. The van der Waals surface area contributed by atoms with Crippen molar-refractivity contribution in [1.29, 1.82) is 0 Å². The zero-order valence-corrected chi connectivity index (χ0v) is 16.2. The van der Waals surface area contributed by atoms with E-state index in [-0.39, 0.29) is 5.91 Å². The van der Waals surface area contributed by atoms with E-state index in [0.29, 0.717) is 12.1 Å². The van der Waals surface area contributed by atoms with Gasteiger partial charge < -0.3 is 5.32 Å². The Balaban J connectivity index is 1.51. The average Bonchev–Trinajstić information content (AvgIpc) is 3.50. The maximum absolute atomic E-state index is 12.6. The minimum absolute atomic E-state index is 0.124. The van der Waals surface area contributed by atoms with E-state index < -0.39 is 0 Å². The van der Waals surface area contributed by atoms with Crippen molar-refractivity contribution in [2.75, 3.05) is 6.54 Å². The molecule has 7 nitrogen and oxygen atoms in total. The molecule has 4 rings (SSSR count). The molecule has 0 bridgehead atoms. The van der Waals surface area contributed by atoms with E-state index in [1.165, 1.54) is 0 Å². The summed E-state index contributed by atoms with van der Waals surface area (Å²) in [5.41, 5.74) is 4.08. The Morgan fingerprint density at radius 2 is 2.03 bits per heavy atom. The summed E-state index contributed by atoms with van der Waals surface area (Å²) in [6, 6.07) is 11.0. The van der Waals surface area contributed by atoms with Crippen molar-refractivity contribution in [3.05, 3.63) is 95.8 Å². The summed E-state index contributed by atoms with van der Waals surface area (Å²) in [5, 5.41) is 14.0. The molecule has 148 valence electrons. The standard InChI is InChI=1S/C23H20N6O/c30-23(25-10-1-3-19-16-26-27-17-19)21-6-7-22(29-14-2-11-28-29)20(15-21)5-4-18-8-12-24-13-9-18/h2,6-9,11-17H,1,3,10H2,(H,25,30)(H,26,27). The van der Waals surface area contributed by atoms with E-state index in [4.69, 9.17) is 0 Å². The molecule has 0 saturated heterocycles. The Morgan fingerprint density at radius 1 is 1.13 bits per heavy atom. The smallest absolute Gasteiger partial charge is 0.251 e. The molecule has 0 aliphatic rings. The van der Waals surface area contributed by atoms with E-state index in [0.717, 1.165) is 35.2 Å². The molecule has 0 aliphatic carbocycles. The maximum atomic E-state index is 12.6. The number of hydrogen-bond acceptors (Lipinski definition) is 4. The number of rotatable bonds is 6. The summed E-state index contributed by atoms with van der Waals surface area (Å²) in [4.78, 5) is 16.6. The van der Waals surface area contributed by atoms with Gasteiger partial charge in [-0.05, 0) is 54.8 Å². The minimum Gasteiger partial charge on any atom is -0.352 e. The van der Waals surface area contributed by atoms with Gasteiger partial charge in [0.2, 0.25) is 0 Å². The van der Waals surface area contributed by atoms with Crippen LogP contribution in [0.1, 0.15) is 33.5 Å². The lowest BCUT2D eigenvalue weighted by molar-refractivity contribution is 0.0953. The third-order valence-electron chi connectivity index (χ3n) is 4.51. The number of aryl methyl sites for hydroxylation is 1. The highest BCUT2D eigenvalue weighted by atomic mass is 16.1. The number of H-pyrrole nitrogens is 1. The summed E-state index contributed by atoms with van der Waals surface area (Å²) in [7, 11) is 0. The first kappa shape index (κ1) is 19.2. The molecular weight excluding hydrogens is 376 g/mol. The van der Waals surface area contributed by atoms with Gasteiger partial charge in [-0.3, -0.25) is 14.9 Å². The Bertz CT molecular complexity index is 1160. The van der Waals surface area contributed by atoms with Crippen molar-refractivity contribution in [2.24, 2.45) is 0 Å². The van der Waals surface area contributed by atoms with E-state index in [2.05, 4.69) is 37.4 Å². The van der Waals surface area contributed by atoms with Crippen LogP contribution in [-0.2, 0) is 6.42 Å². The molecule has 0 spiro atoms. The lowest BCUT2D eigenvalue weighted by Gasteiger charge is -2.09. The quantitative estimate of drug-likeness (QED) is 0.387. The van der Waals surface area contributed by atoms with Gasteiger partial charge in [0.1, 0.15) is 0 Å². The predicted molar refractivity (Wildman–Crippen MR) is 113 cm³/mol. The van der Waals surface area contributed by atoms with Gasteiger partial charge in [-0.25, -0.2) is 4.68 Å². The third-order valence-corrected chi connectivity index (χ3v) is 4.51. The molecule has 7 heteroatoms. The molecule has 3 heterocycles. The van der Waals surface area contributed by atoms with Crippen LogP contribution in [0.25, 0.3) is 5.69 Å². The lowest BCUT2D eigenvalue weighted by Crippen LogP contribution is -2.25. The highest BCUT2D eigenvalue weighted by Crippen LogP contribution is 2.16. The van der Waals surface area contributed by atoms with E-state index in [9.17, 15) is 4.79 Å². The van der Waals surface area contributed by atoms with Crippen molar-refractivity contribution < 1.29 is 4.79 Å². The summed E-state index contributed by atoms with van der Waals surface area (Å²) in [6.07, 6.45) is 12.3. The first-order valence-electron chi connectivity index (χ1n) is 9.61. The molecule has 0 unspecified atom stereocenters. The van der Waals surface area contributed by atoms with Gasteiger partial charge in [0.15, 0.2) is 0 Å². The topological polar surface area (TPSA) is 88.5 Å². The number of hydrogen-bond donors (Lipinski definition) is 2. The first-order valence-corrected chi connectivity index (χ1v) is 9.61. The van der Waals surface area contributed by atoms with Crippen molar-refractivity contribution in [2.45, 2.75) is 12.8 Å². The Morgan fingerprint density at radius 3 is 2.80 bits per heavy atom. The molecule has 3 aromatic heterocycles. The lowest BCUT2D eigenvalue weighted by atomic mass is 10.1. The normalized spacial score (nSPS) is 10.3. The fourth-order valence-electron chi connectivity index (χ4n) is 2.97. The number of pyridine rings is 1. The monoisotopic (exact) mass is 396 g/mol. The van der Waals surface area contributed by atoms with Crippen LogP contribution in [0.2, 0.25) is 0 Å². The molecule has 0 fully saturated rings. The number of carbonyl (C=O) groups excluding carboxylic acids is 1. The molecule has 2 N–H and O–H groups in total. The van der Waals surface area contributed by atoms with Crippen LogP contribution in [0.5, 0.6) is 0 Å². The van der Waals surface area contributed by atoms with E-state index in [1.807, 2.05) is 36.7 Å². The third kappa shape index (κ3) is 4.80. The van der Waals surface area contributed by atoms with Gasteiger partial charge in [-0.15, -0.1) is 0 Å². The zero-order chi connectivity index (χ0) is 20.6. The largest absolute Gasteiger partial charge is 0.352 e. The van der Waals surface area contributed by atoms with Crippen LogP contribution in [0.3, 0.4) is 0 Å². The number of aromatic nitrogens is 5. The molecule has 30 heavy (non-hydrogen) atoms. The minimum atomic E-state index is -0.124. The number of nitrogens with zero attached hydrogens (tertiary/aromatic N) is 4. The summed E-state index contributed by atoms with van der Waals surface area (Å²) >= 11 is 0. The van der Waals surface area contributed by atoms with Crippen molar-refractivity contribution in [3.63, 3.8) is 0 Å². The molecular formula is C23H20N6O.